The second-order valence-electron chi connectivity index (χ2n) is 5.84. The van der Waals surface area contributed by atoms with E-state index < -0.39 is 6.10 Å². The molecule has 0 amide bonds. The number of pyridine rings is 1. The minimum absolute atomic E-state index is 0.120. The Morgan fingerprint density at radius 1 is 0.905 bits per heavy atom. The maximum Gasteiger partial charge on any atom is 0.0893 e. The van der Waals surface area contributed by atoms with Crippen molar-refractivity contribution in [2.75, 3.05) is 0 Å². The molecule has 1 heterocycles. The summed E-state index contributed by atoms with van der Waals surface area (Å²) in [5, 5.41) is 12.1. The molecule has 1 N–H and O–H groups in total. The van der Waals surface area contributed by atoms with E-state index >= 15 is 0 Å². The summed E-state index contributed by atoms with van der Waals surface area (Å²) in [5.74, 6) is 0. The van der Waals surface area contributed by atoms with Crippen molar-refractivity contribution >= 4 is 10.9 Å². The molecular formula is C19H17NO. The van der Waals surface area contributed by atoms with Crippen LogP contribution in [-0.2, 0) is 5.41 Å². The van der Waals surface area contributed by atoms with Gasteiger partial charge in [0.1, 0.15) is 0 Å². The fraction of sp³-hybridized carbons (Fsp3) is 0.211. The average Bonchev–Trinajstić information content (AvgIpc) is 3.36. The Morgan fingerprint density at radius 3 is 2.48 bits per heavy atom. The van der Waals surface area contributed by atoms with Gasteiger partial charge in [0.05, 0.1) is 11.6 Å². The first kappa shape index (κ1) is 12.5. The predicted octanol–water partition coefficient (Wildman–Crippen LogP) is 4.00. The van der Waals surface area contributed by atoms with E-state index in [1.54, 1.807) is 6.20 Å². The monoisotopic (exact) mass is 275 g/mol. The molecule has 1 saturated carbocycles. The molecule has 1 aliphatic carbocycles. The Kier molecular flexibility index (Phi) is 2.79. The lowest BCUT2D eigenvalue weighted by Crippen LogP contribution is -2.18. The first-order valence-corrected chi connectivity index (χ1v) is 7.38. The fourth-order valence-electron chi connectivity index (χ4n) is 3.29. The van der Waals surface area contributed by atoms with Gasteiger partial charge >= 0.3 is 0 Å². The van der Waals surface area contributed by atoms with E-state index in [9.17, 15) is 5.11 Å². The highest BCUT2D eigenvalue weighted by Gasteiger charge is 2.51. The van der Waals surface area contributed by atoms with Crippen molar-refractivity contribution in [3.05, 3.63) is 78.0 Å². The molecule has 21 heavy (non-hydrogen) atoms. The number of aliphatic hydroxyl groups is 1. The molecule has 0 spiro atoms. The Bertz CT molecular complexity index is 772. The number of benzene rings is 2. The molecule has 2 nitrogen and oxygen atoms in total. The largest absolute Gasteiger partial charge is 0.387 e. The van der Waals surface area contributed by atoms with Gasteiger partial charge in [-0.15, -0.1) is 0 Å². The van der Waals surface area contributed by atoms with Gasteiger partial charge in [0.25, 0.3) is 0 Å². The molecule has 0 saturated heterocycles. The summed E-state index contributed by atoms with van der Waals surface area (Å²) < 4.78 is 0. The summed E-state index contributed by atoms with van der Waals surface area (Å²) >= 11 is 0. The average molecular weight is 275 g/mol. The van der Waals surface area contributed by atoms with E-state index in [1.807, 2.05) is 48.5 Å². The van der Waals surface area contributed by atoms with E-state index in [-0.39, 0.29) is 5.41 Å². The van der Waals surface area contributed by atoms with Crippen LogP contribution in [-0.4, -0.2) is 10.1 Å². The highest BCUT2D eigenvalue weighted by molar-refractivity contribution is 5.82. The van der Waals surface area contributed by atoms with Gasteiger partial charge in [-0.05, 0) is 36.1 Å². The van der Waals surface area contributed by atoms with Crippen LogP contribution in [0.5, 0.6) is 0 Å². The SMILES string of the molecule is OC(c1cccc2ncccc12)C1(c2ccccc2)CC1. The second kappa shape index (κ2) is 4.68. The van der Waals surface area contributed by atoms with Crippen molar-refractivity contribution in [1.29, 1.82) is 0 Å². The quantitative estimate of drug-likeness (QED) is 0.783. The van der Waals surface area contributed by atoms with Crippen LogP contribution in [0.15, 0.2) is 66.9 Å². The molecule has 2 aromatic carbocycles. The van der Waals surface area contributed by atoms with Crippen LogP contribution in [0, 0.1) is 0 Å². The van der Waals surface area contributed by atoms with Crippen LogP contribution in [0.25, 0.3) is 10.9 Å². The first-order valence-electron chi connectivity index (χ1n) is 7.38. The molecule has 0 radical (unpaired) electrons. The number of nitrogens with zero attached hydrogens (tertiary/aromatic N) is 1. The lowest BCUT2D eigenvalue weighted by molar-refractivity contribution is 0.134. The third-order valence-electron chi connectivity index (χ3n) is 4.63. The van der Waals surface area contributed by atoms with Crippen LogP contribution in [0.1, 0.15) is 30.1 Å². The van der Waals surface area contributed by atoms with E-state index in [2.05, 4.69) is 17.1 Å². The third-order valence-corrected chi connectivity index (χ3v) is 4.63. The van der Waals surface area contributed by atoms with E-state index in [4.69, 9.17) is 0 Å². The zero-order chi connectivity index (χ0) is 14.3. The van der Waals surface area contributed by atoms with Crippen LogP contribution in [0.3, 0.4) is 0 Å². The zero-order valence-corrected chi connectivity index (χ0v) is 11.7. The Labute approximate surface area is 124 Å². The molecule has 1 atom stereocenters. The summed E-state index contributed by atoms with van der Waals surface area (Å²) in [5.41, 5.74) is 3.05. The molecule has 1 aliphatic rings. The van der Waals surface area contributed by atoms with Gasteiger partial charge < -0.3 is 5.11 Å². The number of hydrogen-bond acceptors (Lipinski definition) is 2. The Balaban J connectivity index is 1.83. The minimum Gasteiger partial charge on any atom is -0.387 e. The molecule has 1 fully saturated rings. The summed E-state index contributed by atoms with van der Waals surface area (Å²) in [4.78, 5) is 4.39. The predicted molar refractivity (Wildman–Crippen MR) is 84.1 cm³/mol. The molecule has 1 aromatic heterocycles. The first-order chi connectivity index (χ1) is 10.3. The van der Waals surface area contributed by atoms with Crippen molar-refractivity contribution in [2.24, 2.45) is 0 Å². The Hall–Kier alpha value is -2.19. The maximum absolute atomic E-state index is 11.0. The van der Waals surface area contributed by atoms with Crippen molar-refractivity contribution in [1.82, 2.24) is 4.98 Å². The minimum atomic E-state index is -0.479. The molecule has 3 aromatic rings. The van der Waals surface area contributed by atoms with E-state index in [0.29, 0.717) is 0 Å². The number of fused-ring (bicyclic) bond motifs is 1. The van der Waals surface area contributed by atoms with E-state index in [0.717, 1.165) is 29.3 Å². The summed E-state index contributed by atoms with van der Waals surface area (Å²) in [7, 11) is 0. The lowest BCUT2D eigenvalue weighted by atomic mass is 9.85. The highest BCUT2D eigenvalue weighted by atomic mass is 16.3. The van der Waals surface area contributed by atoms with Gasteiger partial charge in [-0.2, -0.15) is 0 Å². The smallest absolute Gasteiger partial charge is 0.0893 e. The number of aromatic nitrogens is 1. The van der Waals surface area contributed by atoms with Crippen molar-refractivity contribution in [3.63, 3.8) is 0 Å². The fourth-order valence-corrected chi connectivity index (χ4v) is 3.29. The maximum atomic E-state index is 11.0. The lowest BCUT2D eigenvalue weighted by Gasteiger charge is -2.24. The van der Waals surface area contributed by atoms with Gasteiger partial charge in [0.15, 0.2) is 0 Å². The number of aliphatic hydroxyl groups excluding tert-OH is 1. The van der Waals surface area contributed by atoms with Crippen molar-refractivity contribution in [2.45, 2.75) is 24.4 Å². The van der Waals surface area contributed by atoms with Gasteiger partial charge in [-0.1, -0.05) is 48.5 Å². The summed E-state index contributed by atoms with van der Waals surface area (Å²) in [6, 6.07) is 20.3. The van der Waals surface area contributed by atoms with Gasteiger partial charge in [-0.25, -0.2) is 0 Å². The number of rotatable bonds is 3. The van der Waals surface area contributed by atoms with Crippen LogP contribution in [0.4, 0.5) is 0 Å². The summed E-state index contributed by atoms with van der Waals surface area (Å²) in [6.07, 6.45) is 3.39. The van der Waals surface area contributed by atoms with Crippen LogP contribution >= 0.6 is 0 Å². The van der Waals surface area contributed by atoms with Crippen molar-refractivity contribution < 1.29 is 5.11 Å². The molecule has 0 aliphatic heterocycles. The molecule has 1 unspecified atom stereocenters. The standard InChI is InChI=1S/C19H17NO/c21-18(19(11-12-19)14-6-2-1-3-7-14)16-8-4-10-17-15(16)9-5-13-20-17/h1-10,13,18,21H,11-12H2. The zero-order valence-electron chi connectivity index (χ0n) is 11.7. The molecule has 104 valence electrons. The highest BCUT2D eigenvalue weighted by Crippen LogP contribution is 2.57. The van der Waals surface area contributed by atoms with Gasteiger partial charge in [-0.3, -0.25) is 4.98 Å². The van der Waals surface area contributed by atoms with Gasteiger partial charge in [0, 0.05) is 17.0 Å². The van der Waals surface area contributed by atoms with Crippen molar-refractivity contribution in [3.8, 4) is 0 Å². The topological polar surface area (TPSA) is 33.1 Å². The summed E-state index contributed by atoms with van der Waals surface area (Å²) in [6.45, 7) is 0. The van der Waals surface area contributed by atoms with E-state index in [1.165, 1.54) is 5.56 Å². The van der Waals surface area contributed by atoms with Gasteiger partial charge in [0.2, 0.25) is 0 Å². The normalized spacial score (nSPS) is 17.6. The molecule has 2 heteroatoms. The number of hydrogen-bond donors (Lipinski definition) is 1. The van der Waals surface area contributed by atoms with Crippen LogP contribution in [0.2, 0.25) is 0 Å². The second-order valence-corrected chi connectivity index (χ2v) is 5.84. The Morgan fingerprint density at radius 2 is 1.71 bits per heavy atom. The molecular weight excluding hydrogens is 258 g/mol. The van der Waals surface area contributed by atoms with Crippen LogP contribution < -0.4 is 0 Å². The molecule has 0 bridgehead atoms. The molecule has 4 rings (SSSR count). The third kappa shape index (κ3) is 1.95.